The predicted molar refractivity (Wildman–Crippen MR) is 169 cm³/mol. The molecule has 5 rings (SSSR count). The average molecular weight is 650 g/mol. The summed E-state index contributed by atoms with van der Waals surface area (Å²) in [5.41, 5.74) is 2.20. The van der Waals surface area contributed by atoms with E-state index in [1.165, 1.54) is 21.1 Å². The Balaban J connectivity index is 1.59. The largest absolute Gasteiger partial charge is 0.504 e. The number of hydrogen-bond acceptors (Lipinski definition) is 11. The molecule has 1 aromatic carbocycles. The van der Waals surface area contributed by atoms with E-state index in [1.807, 2.05) is 24.9 Å². The number of aromatic hydroxyl groups is 1. The molecule has 252 valence electrons. The Labute approximate surface area is 274 Å². The first-order valence-electron chi connectivity index (χ1n) is 15.7. The number of likely N-dealkylation sites (N-methyl/N-ethyl adjacent to an activating group) is 1. The van der Waals surface area contributed by atoms with Gasteiger partial charge in [-0.05, 0) is 72.6 Å². The number of Topliss-reactive ketones (excluding diaryl/α,β-unsaturated/α-hetero) is 2. The van der Waals surface area contributed by atoms with Gasteiger partial charge in [-0.25, -0.2) is 4.79 Å². The summed E-state index contributed by atoms with van der Waals surface area (Å²) in [4.78, 5) is 57.5. The van der Waals surface area contributed by atoms with Gasteiger partial charge in [0, 0.05) is 40.9 Å². The number of phenolic OH excluding ortho intramolecular Hbond substituents is 1. The highest BCUT2D eigenvalue weighted by Crippen LogP contribution is 2.53. The Hall–Kier alpha value is -4.41. The molecule has 0 saturated carbocycles. The van der Waals surface area contributed by atoms with Gasteiger partial charge in [-0.2, -0.15) is 5.26 Å². The molecule has 2 bridgehead atoms. The van der Waals surface area contributed by atoms with Crippen LogP contribution in [0.25, 0.3) is 0 Å². The van der Waals surface area contributed by atoms with Gasteiger partial charge in [0.2, 0.25) is 11.7 Å². The molecule has 0 aromatic heterocycles. The number of hydrogen-bond donors (Lipinski definition) is 3. The number of methoxy groups -OCH3 is 2. The molecule has 6 atom stereocenters. The van der Waals surface area contributed by atoms with Gasteiger partial charge in [0.1, 0.15) is 17.7 Å². The highest BCUT2D eigenvalue weighted by Gasteiger charge is 2.58. The molecule has 2 unspecified atom stereocenters. The number of nitrogens with one attached hydrogen (secondary N) is 2. The van der Waals surface area contributed by atoms with Gasteiger partial charge in [0.15, 0.2) is 23.0 Å². The number of nitrogens with zero attached hydrogens (tertiary/aromatic N) is 3. The van der Waals surface area contributed by atoms with Crippen LogP contribution in [0.3, 0.4) is 0 Å². The third-order valence-corrected chi connectivity index (χ3v) is 9.66. The summed E-state index contributed by atoms with van der Waals surface area (Å²) in [5, 5.41) is 27.6. The number of allylic oxidation sites excluding steroid dienone is 2. The lowest BCUT2D eigenvalue weighted by molar-refractivity contribution is -0.125. The van der Waals surface area contributed by atoms with Crippen molar-refractivity contribution in [3.05, 3.63) is 45.2 Å². The van der Waals surface area contributed by atoms with E-state index in [2.05, 4.69) is 21.6 Å². The zero-order chi connectivity index (χ0) is 34.7. The second-order valence-corrected chi connectivity index (χ2v) is 13.7. The summed E-state index contributed by atoms with van der Waals surface area (Å²) < 4.78 is 16.2. The molecule has 1 aliphatic carbocycles. The summed E-state index contributed by atoms with van der Waals surface area (Å²) in [5.74, 6) is -1.08. The fourth-order valence-corrected chi connectivity index (χ4v) is 7.71. The molecule has 1 aromatic rings. The Morgan fingerprint density at radius 3 is 2.40 bits per heavy atom. The van der Waals surface area contributed by atoms with Gasteiger partial charge < -0.3 is 30.0 Å². The van der Waals surface area contributed by atoms with E-state index in [-0.39, 0.29) is 47.4 Å². The molecule has 3 heterocycles. The lowest BCUT2D eigenvalue weighted by atomic mass is 9.69. The van der Waals surface area contributed by atoms with E-state index in [0.717, 1.165) is 11.1 Å². The van der Waals surface area contributed by atoms with Crippen molar-refractivity contribution in [2.24, 2.45) is 0 Å². The summed E-state index contributed by atoms with van der Waals surface area (Å²) >= 11 is 0. The number of amides is 2. The maximum atomic E-state index is 14.0. The van der Waals surface area contributed by atoms with E-state index in [4.69, 9.17) is 14.2 Å². The van der Waals surface area contributed by atoms with Crippen molar-refractivity contribution in [1.82, 2.24) is 20.4 Å². The maximum Gasteiger partial charge on any atom is 0.408 e. The summed E-state index contributed by atoms with van der Waals surface area (Å²) in [6, 6.07) is 0.472. The van der Waals surface area contributed by atoms with Crippen LogP contribution in [0.15, 0.2) is 28.5 Å². The van der Waals surface area contributed by atoms with Crippen molar-refractivity contribution in [2.45, 2.75) is 96.2 Å². The monoisotopic (exact) mass is 649 g/mol. The molecule has 47 heavy (non-hydrogen) atoms. The molecular formula is C34H43N5O8. The van der Waals surface area contributed by atoms with Crippen LogP contribution in [-0.2, 0) is 30.3 Å². The standard InChI is InChI=1S/C34H43N5O8/c1-15-10-18-11-20-22(13-35)39-21(26(38(20)7)24(18)28(41)30(15)45-8)12-19-25(29(42)31(46-9)16(2)27(19)40)23(39)14-36-32(43)17(3)37-33(44)47-34(4,5)6/h10,17,20-23,26,41H,11-12,14H2,1-9H3,(H,36,43)(H,37,44)/t17?,20-,21?,22-,23-,26-/m0/s1. The minimum Gasteiger partial charge on any atom is -0.504 e. The smallest absolute Gasteiger partial charge is 0.408 e. The molecule has 3 N–H and O–H groups in total. The number of benzene rings is 1. The van der Waals surface area contributed by atoms with Gasteiger partial charge in [-0.3, -0.25) is 24.2 Å². The number of aryl methyl sites for hydroxylation is 1. The molecule has 2 amide bonds. The number of ketones is 2. The number of phenols is 1. The first kappa shape index (κ1) is 33.9. The first-order chi connectivity index (χ1) is 22.1. The Morgan fingerprint density at radius 2 is 1.81 bits per heavy atom. The maximum absolute atomic E-state index is 14.0. The fraction of sp³-hybridized carbons (Fsp3) is 0.559. The zero-order valence-electron chi connectivity index (χ0n) is 28.3. The normalized spacial score (nSPS) is 26.4. The summed E-state index contributed by atoms with van der Waals surface area (Å²) in [6.45, 7) is 9.90. The van der Waals surface area contributed by atoms with Crippen molar-refractivity contribution < 1.29 is 38.5 Å². The van der Waals surface area contributed by atoms with E-state index in [0.29, 0.717) is 23.3 Å². The number of nitriles is 1. The topological polar surface area (TPSA) is 171 Å². The third kappa shape index (κ3) is 5.63. The quantitative estimate of drug-likeness (QED) is 0.387. The molecule has 13 heteroatoms. The Kier molecular flexibility index (Phi) is 8.89. The van der Waals surface area contributed by atoms with Crippen LogP contribution >= 0.6 is 0 Å². The van der Waals surface area contributed by atoms with Crippen LogP contribution in [-0.4, -0.2) is 102 Å². The number of carbonyl (C=O) groups excluding carboxylic acids is 4. The number of rotatable bonds is 6. The number of fused-ring (bicyclic) bond motifs is 6. The molecule has 1 saturated heterocycles. The van der Waals surface area contributed by atoms with Gasteiger partial charge in [0.05, 0.1) is 32.4 Å². The number of carbonyl (C=O) groups is 4. The summed E-state index contributed by atoms with van der Waals surface area (Å²) in [7, 11) is 4.72. The van der Waals surface area contributed by atoms with E-state index in [9.17, 15) is 29.5 Å². The molecule has 1 fully saturated rings. The fourth-order valence-electron chi connectivity index (χ4n) is 7.71. The van der Waals surface area contributed by atoms with Crippen molar-refractivity contribution in [3.63, 3.8) is 0 Å². The SMILES string of the molecule is COC1=C(C)C(=O)C2=C(C1=O)[C@H](CNC(=O)C(C)NC(=O)OC(C)(C)C)N1C(C2)[C@H]2c3c(cc(C)c(OC)c3O)C[C@@H]([C@@H]1C#N)N2C. The lowest BCUT2D eigenvalue weighted by Crippen LogP contribution is -2.71. The Morgan fingerprint density at radius 1 is 1.13 bits per heavy atom. The average Bonchev–Trinajstić information content (AvgIpc) is 2.98. The van der Waals surface area contributed by atoms with Crippen molar-refractivity contribution in [2.75, 3.05) is 27.8 Å². The summed E-state index contributed by atoms with van der Waals surface area (Å²) in [6.07, 6.45) is -0.189. The lowest BCUT2D eigenvalue weighted by Gasteiger charge is -2.60. The van der Waals surface area contributed by atoms with E-state index >= 15 is 0 Å². The molecule has 3 aliphatic heterocycles. The highest BCUT2D eigenvalue weighted by atomic mass is 16.6. The van der Waals surface area contributed by atoms with Gasteiger partial charge >= 0.3 is 6.09 Å². The number of piperazine rings is 1. The minimum atomic E-state index is -0.990. The van der Waals surface area contributed by atoms with Crippen LogP contribution in [0, 0.1) is 18.3 Å². The van der Waals surface area contributed by atoms with Crippen LogP contribution in [0.1, 0.15) is 63.8 Å². The highest BCUT2D eigenvalue weighted by molar-refractivity contribution is 6.25. The predicted octanol–water partition coefficient (Wildman–Crippen LogP) is 2.35. The minimum absolute atomic E-state index is 0.00335. The van der Waals surface area contributed by atoms with Gasteiger partial charge in [-0.15, -0.1) is 0 Å². The molecule has 0 spiro atoms. The second-order valence-electron chi connectivity index (χ2n) is 13.7. The Bertz CT molecular complexity index is 1650. The zero-order valence-corrected chi connectivity index (χ0v) is 28.3. The van der Waals surface area contributed by atoms with Crippen LogP contribution in [0.2, 0.25) is 0 Å². The van der Waals surface area contributed by atoms with Gasteiger partial charge in [-0.1, -0.05) is 6.07 Å². The van der Waals surface area contributed by atoms with Crippen molar-refractivity contribution in [1.29, 1.82) is 5.26 Å². The van der Waals surface area contributed by atoms with E-state index in [1.54, 1.807) is 27.7 Å². The van der Waals surface area contributed by atoms with Crippen molar-refractivity contribution >= 4 is 23.6 Å². The van der Waals surface area contributed by atoms with Gasteiger partial charge in [0.25, 0.3) is 0 Å². The third-order valence-electron chi connectivity index (χ3n) is 9.66. The van der Waals surface area contributed by atoms with E-state index < -0.39 is 53.6 Å². The molecule has 13 nitrogen and oxygen atoms in total. The second kappa shape index (κ2) is 12.3. The molecule has 0 radical (unpaired) electrons. The number of alkyl carbamates (subject to hydrolysis) is 1. The molecular weight excluding hydrogens is 606 g/mol. The van der Waals surface area contributed by atoms with Crippen molar-refractivity contribution in [3.8, 4) is 17.6 Å². The molecule has 4 aliphatic rings. The van der Waals surface area contributed by atoms with Crippen LogP contribution < -0.4 is 15.4 Å². The van der Waals surface area contributed by atoms with Crippen LogP contribution in [0.5, 0.6) is 11.5 Å². The first-order valence-corrected chi connectivity index (χ1v) is 15.7. The van der Waals surface area contributed by atoms with Crippen LogP contribution in [0.4, 0.5) is 4.79 Å². The number of ether oxygens (including phenoxy) is 3.